The van der Waals surface area contributed by atoms with Crippen LogP contribution < -0.4 is 5.69 Å². The summed E-state index contributed by atoms with van der Waals surface area (Å²) in [6.07, 6.45) is 1.63. The van der Waals surface area contributed by atoms with Crippen molar-refractivity contribution in [2.45, 2.75) is 6.54 Å². The molecule has 0 bridgehead atoms. The number of para-hydroxylation sites is 1. The number of aromatic nitrogens is 3. The molecule has 3 rings (SSSR count). The second-order valence-electron chi connectivity index (χ2n) is 4.34. The Labute approximate surface area is 113 Å². The highest BCUT2D eigenvalue weighted by molar-refractivity contribution is 6.01. The first-order valence-electron chi connectivity index (χ1n) is 6.01. The van der Waals surface area contributed by atoms with Gasteiger partial charge in [0.25, 0.3) is 0 Å². The standard InChI is InChI=1S/C14H11N3O3/c18-13(19)10-5-3-6-11-12(10)17(14(20)16-11)8-9-4-1-2-7-15-9/h1-7H,8H2,(H,16,20)(H,18,19). The predicted octanol–water partition coefficient (Wildman–Crippen LogP) is 1.47. The first kappa shape index (κ1) is 12.2. The van der Waals surface area contributed by atoms with Gasteiger partial charge in [-0.2, -0.15) is 0 Å². The summed E-state index contributed by atoms with van der Waals surface area (Å²) in [5.74, 6) is -1.07. The second kappa shape index (κ2) is 4.65. The van der Waals surface area contributed by atoms with E-state index in [1.165, 1.54) is 10.6 Å². The summed E-state index contributed by atoms with van der Waals surface area (Å²) in [6.45, 7) is 0.226. The third kappa shape index (κ3) is 1.97. The number of nitrogens with one attached hydrogen (secondary N) is 1. The monoisotopic (exact) mass is 269 g/mol. The molecule has 1 aromatic carbocycles. The van der Waals surface area contributed by atoms with E-state index >= 15 is 0 Å². The van der Waals surface area contributed by atoms with Crippen molar-refractivity contribution in [2.24, 2.45) is 0 Å². The zero-order valence-electron chi connectivity index (χ0n) is 10.4. The number of hydrogen-bond donors (Lipinski definition) is 2. The Balaban J connectivity index is 2.22. The average molecular weight is 269 g/mol. The molecule has 3 aromatic rings. The summed E-state index contributed by atoms with van der Waals surface area (Å²) < 4.78 is 1.39. The highest BCUT2D eigenvalue weighted by Gasteiger charge is 2.15. The Morgan fingerprint density at radius 3 is 2.80 bits per heavy atom. The number of hydrogen-bond acceptors (Lipinski definition) is 3. The number of rotatable bonds is 3. The lowest BCUT2D eigenvalue weighted by atomic mass is 10.2. The van der Waals surface area contributed by atoms with Gasteiger partial charge >= 0.3 is 11.7 Å². The number of carboxylic acids is 1. The van der Waals surface area contributed by atoms with E-state index in [0.717, 1.165) is 0 Å². The van der Waals surface area contributed by atoms with Crippen molar-refractivity contribution in [3.63, 3.8) is 0 Å². The lowest BCUT2D eigenvalue weighted by Crippen LogP contribution is -2.18. The molecule has 0 radical (unpaired) electrons. The quantitative estimate of drug-likeness (QED) is 0.753. The van der Waals surface area contributed by atoms with E-state index in [0.29, 0.717) is 16.7 Å². The van der Waals surface area contributed by atoms with Gasteiger partial charge in [-0.3, -0.25) is 9.55 Å². The number of nitrogens with zero attached hydrogens (tertiary/aromatic N) is 2. The normalized spacial score (nSPS) is 10.8. The van der Waals surface area contributed by atoms with Crippen LogP contribution in [-0.2, 0) is 6.54 Å². The minimum atomic E-state index is -1.07. The molecule has 0 atom stereocenters. The molecule has 0 spiro atoms. The zero-order valence-corrected chi connectivity index (χ0v) is 10.4. The summed E-state index contributed by atoms with van der Waals surface area (Å²) in [5, 5.41) is 9.24. The van der Waals surface area contributed by atoms with Crippen LogP contribution >= 0.6 is 0 Å². The van der Waals surface area contributed by atoms with Gasteiger partial charge < -0.3 is 10.1 Å². The number of imidazole rings is 1. The Morgan fingerprint density at radius 1 is 1.25 bits per heavy atom. The van der Waals surface area contributed by atoms with Crippen LogP contribution in [0, 0.1) is 0 Å². The highest BCUT2D eigenvalue weighted by atomic mass is 16.4. The van der Waals surface area contributed by atoms with Gasteiger partial charge in [0.15, 0.2) is 0 Å². The number of aromatic amines is 1. The van der Waals surface area contributed by atoms with Gasteiger partial charge in [0.05, 0.1) is 28.8 Å². The predicted molar refractivity (Wildman–Crippen MR) is 72.9 cm³/mol. The van der Waals surface area contributed by atoms with E-state index in [9.17, 15) is 14.7 Å². The van der Waals surface area contributed by atoms with Crippen LogP contribution in [0.4, 0.5) is 0 Å². The van der Waals surface area contributed by atoms with Gasteiger partial charge in [-0.25, -0.2) is 9.59 Å². The van der Waals surface area contributed by atoms with Crippen LogP contribution in [0.5, 0.6) is 0 Å². The van der Waals surface area contributed by atoms with E-state index in [-0.39, 0.29) is 17.8 Å². The Kier molecular flexibility index (Phi) is 2.83. The maximum Gasteiger partial charge on any atom is 0.337 e. The molecule has 0 saturated heterocycles. The number of H-pyrrole nitrogens is 1. The average Bonchev–Trinajstić information content (AvgIpc) is 2.76. The summed E-state index contributed by atoms with van der Waals surface area (Å²) in [4.78, 5) is 30.1. The van der Waals surface area contributed by atoms with Crippen LogP contribution in [0.2, 0.25) is 0 Å². The molecule has 0 unspecified atom stereocenters. The van der Waals surface area contributed by atoms with Gasteiger partial charge in [-0.05, 0) is 24.3 Å². The van der Waals surface area contributed by atoms with Crippen LogP contribution in [0.25, 0.3) is 11.0 Å². The zero-order chi connectivity index (χ0) is 14.1. The van der Waals surface area contributed by atoms with Crippen molar-refractivity contribution in [3.8, 4) is 0 Å². The number of carboxylic acid groups (broad SMARTS) is 1. The molecule has 20 heavy (non-hydrogen) atoms. The topological polar surface area (TPSA) is 88.0 Å². The van der Waals surface area contributed by atoms with Crippen molar-refractivity contribution in [1.82, 2.24) is 14.5 Å². The molecule has 0 aliphatic heterocycles. The van der Waals surface area contributed by atoms with Crippen LogP contribution in [0.3, 0.4) is 0 Å². The number of carbonyl (C=O) groups is 1. The van der Waals surface area contributed by atoms with E-state index in [1.54, 1.807) is 30.5 Å². The molecule has 2 heterocycles. The minimum absolute atomic E-state index is 0.0942. The molecular weight excluding hydrogens is 258 g/mol. The van der Waals surface area contributed by atoms with Crippen LogP contribution in [0.15, 0.2) is 47.4 Å². The summed E-state index contributed by atoms with van der Waals surface area (Å²) in [6, 6.07) is 10.1. The maximum atomic E-state index is 12.0. The van der Waals surface area contributed by atoms with Gasteiger partial charge in [0, 0.05) is 6.20 Å². The smallest absolute Gasteiger partial charge is 0.337 e. The number of aromatic carboxylic acids is 1. The lowest BCUT2D eigenvalue weighted by molar-refractivity contribution is 0.0698. The molecular formula is C14H11N3O3. The summed E-state index contributed by atoms with van der Waals surface area (Å²) in [7, 11) is 0. The largest absolute Gasteiger partial charge is 0.478 e. The van der Waals surface area contributed by atoms with Crippen molar-refractivity contribution < 1.29 is 9.90 Å². The number of pyridine rings is 1. The molecule has 0 amide bonds. The fraction of sp³-hybridized carbons (Fsp3) is 0.0714. The molecule has 6 heteroatoms. The molecule has 2 N–H and O–H groups in total. The first-order valence-corrected chi connectivity index (χ1v) is 6.01. The van der Waals surface area contributed by atoms with E-state index in [1.807, 2.05) is 6.07 Å². The summed E-state index contributed by atoms with van der Waals surface area (Å²) >= 11 is 0. The highest BCUT2D eigenvalue weighted by Crippen LogP contribution is 2.16. The SMILES string of the molecule is O=C(O)c1cccc2[nH]c(=O)n(Cc3ccccn3)c12. The molecule has 0 saturated carbocycles. The van der Waals surface area contributed by atoms with Gasteiger partial charge in [0.1, 0.15) is 0 Å². The van der Waals surface area contributed by atoms with Gasteiger partial charge in [0.2, 0.25) is 0 Å². The molecule has 2 aromatic heterocycles. The molecule has 100 valence electrons. The second-order valence-corrected chi connectivity index (χ2v) is 4.34. The third-order valence-electron chi connectivity index (χ3n) is 3.07. The Bertz CT molecular complexity index is 834. The van der Waals surface area contributed by atoms with Crippen LogP contribution in [-0.4, -0.2) is 25.6 Å². The van der Waals surface area contributed by atoms with E-state index in [4.69, 9.17) is 0 Å². The molecule has 6 nitrogen and oxygen atoms in total. The molecule has 0 fully saturated rings. The number of fused-ring (bicyclic) bond motifs is 1. The first-order chi connectivity index (χ1) is 9.66. The van der Waals surface area contributed by atoms with Crippen LogP contribution in [0.1, 0.15) is 16.1 Å². The lowest BCUT2D eigenvalue weighted by Gasteiger charge is -2.05. The van der Waals surface area contributed by atoms with Gasteiger partial charge in [-0.15, -0.1) is 0 Å². The fourth-order valence-corrected chi connectivity index (χ4v) is 2.20. The van der Waals surface area contributed by atoms with Gasteiger partial charge in [-0.1, -0.05) is 12.1 Å². The fourth-order valence-electron chi connectivity index (χ4n) is 2.20. The van der Waals surface area contributed by atoms with Crippen molar-refractivity contribution in [1.29, 1.82) is 0 Å². The number of benzene rings is 1. The Hall–Kier alpha value is -2.89. The minimum Gasteiger partial charge on any atom is -0.478 e. The summed E-state index contributed by atoms with van der Waals surface area (Å²) in [5.41, 5.74) is 1.33. The van der Waals surface area contributed by atoms with Crippen molar-refractivity contribution in [3.05, 3.63) is 64.3 Å². The van der Waals surface area contributed by atoms with E-state index in [2.05, 4.69) is 9.97 Å². The maximum absolute atomic E-state index is 12.0. The van der Waals surface area contributed by atoms with E-state index < -0.39 is 5.97 Å². The van der Waals surface area contributed by atoms with Crippen molar-refractivity contribution >= 4 is 17.0 Å². The molecule has 0 aliphatic carbocycles. The Morgan fingerprint density at radius 2 is 2.10 bits per heavy atom. The molecule has 0 aliphatic rings. The third-order valence-corrected chi connectivity index (χ3v) is 3.07. The van der Waals surface area contributed by atoms with Crippen molar-refractivity contribution in [2.75, 3.05) is 0 Å².